The lowest BCUT2D eigenvalue weighted by Crippen LogP contribution is -2.07. The maximum Gasteiger partial charge on any atom is 0.417 e. The number of benzene rings is 2. The number of hydrogen-bond donors (Lipinski definition) is 2. The lowest BCUT2D eigenvalue weighted by Gasteiger charge is -2.13. The minimum atomic E-state index is -4.40. The molecule has 0 atom stereocenters. The second-order valence-corrected chi connectivity index (χ2v) is 6.70. The third-order valence-corrected chi connectivity index (χ3v) is 5.00. The van der Waals surface area contributed by atoms with Crippen molar-refractivity contribution in [2.45, 2.75) is 39.3 Å². The smallest absolute Gasteiger partial charge is 0.354 e. The van der Waals surface area contributed by atoms with Crippen molar-refractivity contribution in [2.24, 2.45) is 5.73 Å². The predicted molar refractivity (Wildman–Crippen MR) is 100 cm³/mol. The Labute approximate surface area is 151 Å². The van der Waals surface area contributed by atoms with Gasteiger partial charge in [-0.2, -0.15) is 13.2 Å². The maximum atomic E-state index is 13.5. The van der Waals surface area contributed by atoms with Gasteiger partial charge in [-0.25, -0.2) is 0 Å². The van der Waals surface area contributed by atoms with Crippen LogP contribution in [-0.2, 0) is 12.6 Å². The Kier molecular flexibility index (Phi) is 5.10. The quantitative estimate of drug-likeness (QED) is 0.559. The van der Waals surface area contributed by atoms with E-state index in [1.54, 1.807) is 12.1 Å². The van der Waals surface area contributed by atoms with Crippen LogP contribution in [-0.4, -0.2) is 11.5 Å². The van der Waals surface area contributed by atoms with Crippen LogP contribution in [0.5, 0.6) is 0 Å². The molecule has 0 bridgehead atoms. The minimum absolute atomic E-state index is 0.205. The minimum Gasteiger partial charge on any atom is -0.354 e. The van der Waals surface area contributed by atoms with Gasteiger partial charge in [0.1, 0.15) is 0 Å². The van der Waals surface area contributed by atoms with Crippen molar-refractivity contribution in [3.8, 4) is 11.3 Å². The first kappa shape index (κ1) is 18.5. The number of aromatic amines is 1. The largest absolute Gasteiger partial charge is 0.417 e. The fourth-order valence-corrected chi connectivity index (χ4v) is 3.45. The highest BCUT2D eigenvalue weighted by molar-refractivity contribution is 5.93. The van der Waals surface area contributed by atoms with Gasteiger partial charge in [-0.1, -0.05) is 30.3 Å². The van der Waals surface area contributed by atoms with E-state index in [-0.39, 0.29) is 5.56 Å². The van der Waals surface area contributed by atoms with E-state index in [4.69, 9.17) is 5.73 Å². The highest BCUT2D eigenvalue weighted by atomic mass is 19.4. The van der Waals surface area contributed by atoms with Crippen molar-refractivity contribution < 1.29 is 13.2 Å². The molecular formula is C21H23F3N2. The van der Waals surface area contributed by atoms with Crippen LogP contribution in [0.4, 0.5) is 13.2 Å². The van der Waals surface area contributed by atoms with Crippen LogP contribution in [0.15, 0.2) is 36.4 Å². The summed E-state index contributed by atoms with van der Waals surface area (Å²) in [6.45, 7) is 4.58. The van der Waals surface area contributed by atoms with Gasteiger partial charge in [0, 0.05) is 16.5 Å². The number of halogens is 3. The monoisotopic (exact) mass is 360 g/mol. The Hall–Kier alpha value is -2.27. The first-order valence-corrected chi connectivity index (χ1v) is 8.82. The van der Waals surface area contributed by atoms with Gasteiger partial charge >= 0.3 is 6.18 Å². The van der Waals surface area contributed by atoms with Crippen LogP contribution >= 0.6 is 0 Å². The van der Waals surface area contributed by atoms with Crippen molar-refractivity contribution in [1.29, 1.82) is 0 Å². The highest BCUT2D eigenvalue weighted by Crippen LogP contribution is 2.40. The molecule has 0 aliphatic carbocycles. The number of aromatic nitrogens is 1. The first-order chi connectivity index (χ1) is 12.3. The molecule has 26 heavy (non-hydrogen) atoms. The van der Waals surface area contributed by atoms with Gasteiger partial charge in [0.25, 0.3) is 0 Å². The van der Waals surface area contributed by atoms with E-state index in [1.807, 2.05) is 26.0 Å². The van der Waals surface area contributed by atoms with Crippen molar-refractivity contribution in [3.63, 3.8) is 0 Å². The molecule has 3 aromatic rings. The van der Waals surface area contributed by atoms with Gasteiger partial charge in [0.05, 0.1) is 11.3 Å². The number of alkyl halides is 3. The number of fused-ring (bicyclic) bond motifs is 1. The number of rotatable bonds is 5. The molecule has 0 unspecified atom stereocenters. The summed E-state index contributed by atoms with van der Waals surface area (Å²) in [7, 11) is 0. The highest BCUT2D eigenvalue weighted by Gasteiger charge is 2.34. The van der Waals surface area contributed by atoms with E-state index in [0.717, 1.165) is 46.5 Å². The van der Waals surface area contributed by atoms with E-state index in [1.165, 1.54) is 6.07 Å². The molecule has 1 aromatic heterocycles. The first-order valence-electron chi connectivity index (χ1n) is 8.82. The molecule has 5 heteroatoms. The number of hydrogen-bond acceptors (Lipinski definition) is 1. The number of unbranched alkanes of at least 4 members (excludes halogenated alkanes) is 1. The molecule has 0 spiro atoms. The lowest BCUT2D eigenvalue weighted by atomic mass is 9.96. The molecule has 3 rings (SSSR count). The summed E-state index contributed by atoms with van der Waals surface area (Å²) in [6.07, 6.45) is -2.01. The average molecular weight is 360 g/mol. The predicted octanol–water partition coefficient (Wildman–Crippen LogP) is 5.75. The Morgan fingerprint density at radius 1 is 1.00 bits per heavy atom. The fourth-order valence-electron chi connectivity index (χ4n) is 3.45. The summed E-state index contributed by atoms with van der Waals surface area (Å²) in [5, 5.41) is 0.997. The van der Waals surface area contributed by atoms with Gasteiger partial charge in [-0.15, -0.1) is 0 Å². The van der Waals surface area contributed by atoms with Gasteiger partial charge in [-0.3, -0.25) is 0 Å². The van der Waals surface area contributed by atoms with Gasteiger partial charge in [0.15, 0.2) is 0 Å². The summed E-state index contributed by atoms with van der Waals surface area (Å²) in [5.74, 6) is 0. The molecule has 1 heterocycles. The summed E-state index contributed by atoms with van der Waals surface area (Å²) in [4.78, 5) is 3.30. The van der Waals surface area contributed by atoms with Crippen LogP contribution in [0.2, 0.25) is 0 Å². The standard InChI is InChI=1S/C21H23F3N2/c1-13-10-11-16-15(7-5-6-12-25)20(26-19(16)14(13)2)17-8-3-4-9-18(17)21(22,23)24/h3-4,8-11,26H,5-7,12,25H2,1-2H3. The Balaban J connectivity index is 2.26. The lowest BCUT2D eigenvalue weighted by molar-refractivity contribution is -0.137. The Morgan fingerprint density at radius 3 is 2.42 bits per heavy atom. The van der Waals surface area contributed by atoms with E-state index in [2.05, 4.69) is 4.98 Å². The normalized spacial score (nSPS) is 12.1. The number of H-pyrrole nitrogens is 1. The molecular weight excluding hydrogens is 337 g/mol. The van der Waals surface area contributed by atoms with E-state index in [0.29, 0.717) is 18.7 Å². The summed E-state index contributed by atoms with van der Waals surface area (Å²) >= 11 is 0. The van der Waals surface area contributed by atoms with Gasteiger partial charge in [-0.05, 0) is 62.4 Å². The molecule has 0 amide bonds. The topological polar surface area (TPSA) is 41.8 Å². The molecule has 0 saturated heterocycles. The number of nitrogens with one attached hydrogen (secondary N) is 1. The molecule has 0 saturated carbocycles. The number of nitrogens with two attached hydrogens (primary N) is 1. The van der Waals surface area contributed by atoms with Gasteiger partial charge in [0.2, 0.25) is 0 Å². The van der Waals surface area contributed by atoms with E-state index < -0.39 is 11.7 Å². The molecule has 2 aromatic carbocycles. The molecule has 0 radical (unpaired) electrons. The summed E-state index contributed by atoms with van der Waals surface area (Å²) in [6, 6.07) is 9.80. The molecule has 0 aliphatic rings. The zero-order chi connectivity index (χ0) is 18.9. The molecule has 3 N–H and O–H groups in total. The SMILES string of the molecule is Cc1ccc2c(CCCCN)c(-c3ccccc3C(F)(F)F)[nH]c2c1C. The second-order valence-electron chi connectivity index (χ2n) is 6.70. The third kappa shape index (κ3) is 3.36. The summed E-state index contributed by atoms with van der Waals surface area (Å²) in [5.41, 5.74) is 9.80. The fraction of sp³-hybridized carbons (Fsp3) is 0.333. The molecule has 138 valence electrons. The average Bonchev–Trinajstić information content (AvgIpc) is 2.97. The third-order valence-electron chi connectivity index (χ3n) is 5.00. The van der Waals surface area contributed by atoms with Crippen molar-refractivity contribution >= 4 is 10.9 Å². The zero-order valence-electron chi connectivity index (χ0n) is 15.0. The molecule has 0 aliphatic heterocycles. The van der Waals surface area contributed by atoms with Crippen molar-refractivity contribution in [1.82, 2.24) is 4.98 Å². The van der Waals surface area contributed by atoms with Crippen molar-refractivity contribution in [2.75, 3.05) is 6.54 Å². The van der Waals surface area contributed by atoms with E-state index in [9.17, 15) is 13.2 Å². The van der Waals surface area contributed by atoms with Crippen LogP contribution in [0.1, 0.15) is 35.1 Å². The number of aryl methyl sites for hydroxylation is 3. The molecule has 0 fully saturated rings. The Bertz CT molecular complexity index is 923. The Morgan fingerprint density at radius 2 is 1.73 bits per heavy atom. The second kappa shape index (κ2) is 7.16. The molecule has 2 nitrogen and oxygen atoms in total. The van der Waals surface area contributed by atoms with Crippen molar-refractivity contribution in [3.05, 3.63) is 58.7 Å². The van der Waals surface area contributed by atoms with Crippen LogP contribution in [0, 0.1) is 13.8 Å². The van der Waals surface area contributed by atoms with Crippen LogP contribution < -0.4 is 5.73 Å². The zero-order valence-corrected chi connectivity index (χ0v) is 15.0. The summed E-state index contributed by atoms with van der Waals surface area (Å²) < 4.78 is 40.6. The maximum absolute atomic E-state index is 13.5. The van der Waals surface area contributed by atoms with Crippen LogP contribution in [0.3, 0.4) is 0 Å². The van der Waals surface area contributed by atoms with Gasteiger partial charge < -0.3 is 10.7 Å². The van der Waals surface area contributed by atoms with E-state index >= 15 is 0 Å². The van der Waals surface area contributed by atoms with Crippen LogP contribution in [0.25, 0.3) is 22.2 Å².